The van der Waals surface area contributed by atoms with Crippen molar-refractivity contribution >= 4 is 16.6 Å². The molecule has 28 heavy (non-hydrogen) atoms. The van der Waals surface area contributed by atoms with Crippen molar-refractivity contribution < 1.29 is 17.7 Å². The molecule has 1 aliphatic rings. The van der Waals surface area contributed by atoms with Gasteiger partial charge in [0.25, 0.3) is 0 Å². The Balaban J connectivity index is 1.47. The molecule has 0 unspecified atom stereocenters. The monoisotopic (exact) mass is 391 g/mol. The third-order valence-corrected chi connectivity index (χ3v) is 4.94. The van der Waals surface area contributed by atoms with Gasteiger partial charge in [-0.1, -0.05) is 18.1 Å². The zero-order valence-electron chi connectivity index (χ0n) is 15.4. The van der Waals surface area contributed by atoms with Crippen LogP contribution in [0.15, 0.2) is 35.0 Å². The molecule has 0 saturated carbocycles. The molecule has 148 valence electrons. The quantitative estimate of drug-likeness (QED) is 0.678. The lowest BCUT2D eigenvalue weighted by molar-refractivity contribution is -0.137. The fraction of sp³-hybridized carbons (Fsp3) is 0.421. The number of nitrogens with zero attached hydrogens (tertiary/aromatic N) is 5. The van der Waals surface area contributed by atoms with Crippen molar-refractivity contribution in [3.63, 3.8) is 0 Å². The molecule has 0 atom stereocenters. The number of pyridine rings is 1. The van der Waals surface area contributed by atoms with Crippen molar-refractivity contribution in [2.24, 2.45) is 0 Å². The lowest BCUT2D eigenvalue weighted by Gasteiger charge is -2.36. The van der Waals surface area contributed by atoms with E-state index in [0.717, 1.165) is 49.4 Å². The van der Waals surface area contributed by atoms with Crippen LogP contribution in [0.5, 0.6) is 0 Å². The minimum absolute atomic E-state index is 0.355. The second kappa shape index (κ2) is 7.38. The van der Waals surface area contributed by atoms with Crippen LogP contribution in [0.1, 0.15) is 24.2 Å². The van der Waals surface area contributed by atoms with Crippen LogP contribution >= 0.6 is 0 Å². The van der Waals surface area contributed by atoms with E-state index in [1.807, 2.05) is 13.0 Å². The van der Waals surface area contributed by atoms with E-state index in [2.05, 4.69) is 24.9 Å². The molecule has 2 aromatic heterocycles. The fourth-order valence-corrected chi connectivity index (χ4v) is 3.43. The molecule has 0 aliphatic carbocycles. The molecular weight excluding hydrogens is 371 g/mol. The number of halogens is 3. The van der Waals surface area contributed by atoms with Crippen LogP contribution in [0.2, 0.25) is 0 Å². The van der Waals surface area contributed by atoms with Gasteiger partial charge in [0.05, 0.1) is 17.6 Å². The molecular formula is C19H20F3N5O. The predicted octanol–water partition coefficient (Wildman–Crippen LogP) is 3.52. The number of alkyl halides is 3. The highest BCUT2D eigenvalue weighted by atomic mass is 19.4. The van der Waals surface area contributed by atoms with E-state index in [0.29, 0.717) is 30.2 Å². The number of benzene rings is 1. The van der Waals surface area contributed by atoms with Gasteiger partial charge in [0, 0.05) is 49.9 Å². The number of rotatable bonds is 4. The Morgan fingerprint density at radius 2 is 1.89 bits per heavy atom. The molecule has 0 spiro atoms. The fourth-order valence-electron chi connectivity index (χ4n) is 3.43. The van der Waals surface area contributed by atoms with Gasteiger partial charge in [0.1, 0.15) is 0 Å². The summed E-state index contributed by atoms with van der Waals surface area (Å²) >= 11 is 0. The normalized spacial score (nSPS) is 16.1. The topological polar surface area (TPSA) is 58.3 Å². The molecule has 3 heterocycles. The summed E-state index contributed by atoms with van der Waals surface area (Å²) in [6.07, 6.45) is -2.09. The van der Waals surface area contributed by atoms with Gasteiger partial charge < -0.3 is 9.42 Å². The maximum absolute atomic E-state index is 13.0. The molecule has 0 amide bonds. The third-order valence-electron chi connectivity index (χ3n) is 4.94. The number of piperazine rings is 1. The molecule has 0 bridgehead atoms. The first-order chi connectivity index (χ1) is 13.4. The van der Waals surface area contributed by atoms with Crippen LogP contribution in [0.4, 0.5) is 18.9 Å². The number of hydrogen-bond acceptors (Lipinski definition) is 6. The molecule has 6 nitrogen and oxygen atoms in total. The van der Waals surface area contributed by atoms with Crippen LogP contribution in [0.25, 0.3) is 10.9 Å². The van der Waals surface area contributed by atoms with Crippen LogP contribution in [0.3, 0.4) is 0 Å². The summed E-state index contributed by atoms with van der Waals surface area (Å²) in [5, 5.41) is 4.72. The molecule has 0 N–H and O–H groups in total. The molecule has 3 aromatic rings. The molecule has 1 aromatic carbocycles. The largest absolute Gasteiger partial charge is 0.416 e. The average Bonchev–Trinajstić information content (AvgIpc) is 3.14. The van der Waals surface area contributed by atoms with Crippen molar-refractivity contribution in [1.29, 1.82) is 0 Å². The third kappa shape index (κ3) is 3.80. The summed E-state index contributed by atoms with van der Waals surface area (Å²) in [6, 6.07) is 5.60. The Labute approximate surface area is 160 Å². The molecule has 1 fully saturated rings. The molecule has 9 heteroatoms. The van der Waals surface area contributed by atoms with Crippen molar-refractivity contribution in [3.8, 4) is 0 Å². The van der Waals surface area contributed by atoms with Gasteiger partial charge in [-0.3, -0.25) is 9.88 Å². The van der Waals surface area contributed by atoms with Crippen LogP contribution in [0, 0.1) is 0 Å². The Morgan fingerprint density at radius 1 is 1.11 bits per heavy atom. The molecule has 0 radical (unpaired) electrons. The second-order valence-corrected chi connectivity index (χ2v) is 6.78. The van der Waals surface area contributed by atoms with Gasteiger partial charge in [-0.2, -0.15) is 18.2 Å². The first-order valence-corrected chi connectivity index (χ1v) is 9.19. The zero-order chi connectivity index (χ0) is 19.7. The summed E-state index contributed by atoms with van der Waals surface area (Å²) in [6.45, 7) is 5.73. The van der Waals surface area contributed by atoms with Crippen molar-refractivity contribution in [2.45, 2.75) is 26.1 Å². The molecule has 4 rings (SSSR count). The van der Waals surface area contributed by atoms with Gasteiger partial charge in [0.15, 0.2) is 5.82 Å². The van der Waals surface area contributed by atoms with E-state index < -0.39 is 11.7 Å². The van der Waals surface area contributed by atoms with Gasteiger partial charge in [0.2, 0.25) is 5.89 Å². The van der Waals surface area contributed by atoms with Gasteiger partial charge >= 0.3 is 6.18 Å². The highest BCUT2D eigenvalue weighted by molar-refractivity contribution is 5.92. The van der Waals surface area contributed by atoms with E-state index in [9.17, 15) is 13.2 Å². The number of fused-ring (bicyclic) bond motifs is 1. The summed E-state index contributed by atoms with van der Waals surface area (Å²) in [4.78, 5) is 12.9. The van der Waals surface area contributed by atoms with Crippen LogP contribution in [-0.4, -0.2) is 46.2 Å². The molecule has 1 aliphatic heterocycles. The van der Waals surface area contributed by atoms with Gasteiger partial charge in [-0.15, -0.1) is 0 Å². The first kappa shape index (κ1) is 18.7. The zero-order valence-corrected chi connectivity index (χ0v) is 15.4. The summed E-state index contributed by atoms with van der Waals surface area (Å²) < 4.78 is 44.0. The van der Waals surface area contributed by atoms with E-state index >= 15 is 0 Å². The lowest BCUT2D eigenvalue weighted by atomic mass is 10.1. The highest BCUT2D eigenvalue weighted by Gasteiger charge is 2.31. The summed E-state index contributed by atoms with van der Waals surface area (Å²) in [5.41, 5.74) is 0.584. The van der Waals surface area contributed by atoms with Crippen molar-refractivity contribution in [1.82, 2.24) is 20.0 Å². The number of aryl methyl sites for hydroxylation is 1. The maximum Gasteiger partial charge on any atom is 0.416 e. The SMILES string of the molecule is CCc1nc(CN2CCN(c3ccnc4cc(C(F)(F)F)ccc34)CC2)no1. The van der Waals surface area contributed by atoms with Crippen LogP contribution in [-0.2, 0) is 19.1 Å². The Morgan fingerprint density at radius 3 is 2.57 bits per heavy atom. The van der Waals surface area contributed by atoms with Gasteiger partial charge in [-0.25, -0.2) is 0 Å². The number of aromatic nitrogens is 3. The Kier molecular flexibility index (Phi) is 4.92. The lowest BCUT2D eigenvalue weighted by Crippen LogP contribution is -2.46. The molecule has 1 saturated heterocycles. The maximum atomic E-state index is 13.0. The smallest absolute Gasteiger partial charge is 0.368 e. The van der Waals surface area contributed by atoms with Gasteiger partial charge in [-0.05, 0) is 18.2 Å². The second-order valence-electron chi connectivity index (χ2n) is 6.78. The van der Waals surface area contributed by atoms with E-state index in [1.54, 1.807) is 6.20 Å². The van der Waals surface area contributed by atoms with E-state index in [1.165, 1.54) is 6.07 Å². The minimum Gasteiger partial charge on any atom is -0.368 e. The highest BCUT2D eigenvalue weighted by Crippen LogP contribution is 2.33. The van der Waals surface area contributed by atoms with E-state index in [-0.39, 0.29) is 0 Å². The Bertz CT molecular complexity index is 964. The summed E-state index contributed by atoms with van der Waals surface area (Å²) in [5.74, 6) is 1.31. The number of anilines is 1. The minimum atomic E-state index is -4.37. The Hall–Kier alpha value is -2.68. The number of hydrogen-bond donors (Lipinski definition) is 0. The van der Waals surface area contributed by atoms with Crippen molar-refractivity contribution in [2.75, 3.05) is 31.1 Å². The van der Waals surface area contributed by atoms with Crippen molar-refractivity contribution in [3.05, 3.63) is 47.7 Å². The first-order valence-electron chi connectivity index (χ1n) is 9.19. The average molecular weight is 391 g/mol. The van der Waals surface area contributed by atoms with Crippen LogP contribution < -0.4 is 4.90 Å². The standard InChI is InChI=1S/C19H20F3N5O/c1-2-18-24-17(25-28-18)12-26-7-9-27(10-8-26)16-5-6-23-15-11-13(19(20,21)22)3-4-14(15)16/h3-6,11H,2,7-10,12H2,1H3. The summed E-state index contributed by atoms with van der Waals surface area (Å²) in [7, 11) is 0. The predicted molar refractivity (Wildman–Crippen MR) is 97.9 cm³/mol. The van der Waals surface area contributed by atoms with E-state index in [4.69, 9.17) is 4.52 Å².